The molecule has 0 aliphatic carbocycles. The Kier molecular flexibility index (Phi) is 2.40. The van der Waals surface area contributed by atoms with Crippen molar-refractivity contribution >= 4 is 21.0 Å². The van der Waals surface area contributed by atoms with Crippen molar-refractivity contribution in [2.24, 2.45) is 0 Å². The summed E-state index contributed by atoms with van der Waals surface area (Å²) in [5.41, 5.74) is -0.771. The van der Waals surface area contributed by atoms with E-state index in [-0.39, 0.29) is 15.8 Å². The van der Waals surface area contributed by atoms with Gasteiger partial charge in [0.05, 0.1) is 15.8 Å². The van der Waals surface area contributed by atoms with Crippen molar-refractivity contribution in [3.05, 3.63) is 38.5 Å². The maximum Gasteiger partial charge on any atom is 0.326 e. The molecule has 8 heteroatoms. The van der Waals surface area contributed by atoms with Gasteiger partial charge in [-0.25, -0.2) is 4.79 Å². The van der Waals surface area contributed by atoms with Crippen LogP contribution in [0, 0.1) is 6.92 Å². The third kappa shape index (κ3) is 1.99. The van der Waals surface area contributed by atoms with E-state index in [0.29, 0.717) is 5.56 Å². The van der Waals surface area contributed by atoms with Crippen molar-refractivity contribution in [3.8, 4) is 0 Å². The highest BCUT2D eigenvalue weighted by Gasteiger charge is 2.14. The molecule has 2 aromatic rings. The lowest BCUT2D eigenvalue weighted by Gasteiger charge is -2.03. The van der Waals surface area contributed by atoms with Crippen LogP contribution in [-0.4, -0.2) is 22.9 Å². The quantitative estimate of drug-likeness (QED) is 0.609. The van der Waals surface area contributed by atoms with Gasteiger partial charge >= 0.3 is 5.69 Å². The van der Waals surface area contributed by atoms with Gasteiger partial charge in [-0.1, -0.05) is 0 Å². The average Bonchev–Trinajstić information content (AvgIpc) is 2.17. The highest BCUT2D eigenvalue weighted by Crippen LogP contribution is 2.17. The third-order valence-electron chi connectivity index (χ3n) is 2.32. The second-order valence-corrected chi connectivity index (χ2v) is 4.97. The van der Waals surface area contributed by atoms with E-state index in [1.807, 2.05) is 4.98 Å². The van der Waals surface area contributed by atoms with Crippen LogP contribution >= 0.6 is 0 Å². The first kappa shape index (κ1) is 11.6. The number of aryl methyl sites for hydroxylation is 1. The van der Waals surface area contributed by atoms with E-state index in [1.54, 1.807) is 0 Å². The SMILES string of the molecule is Cc1cc(S(=O)(=O)O)cc2c(=O)[nH]c(=O)[nH]c12. The average molecular weight is 256 g/mol. The first-order valence-corrected chi connectivity index (χ1v) is 5.97. The standard InChI is InChI=1S/C9H8N2O5S/c1-4-2-5(17(14,15)16)3-6-7(4)10-9(13)11-8(6)12/h2-3H,1H3,(H,14,15,16)(H2,10,11,12,13). The molecule has 1 aromatic heterocycles. The van der Waals surface area contributed by atoms with Gasteiger partial charge in [0.2, 0.25) is 0 Å². The van der Waals surface area contributed by atoms with Gasteiger partial charge in [0, 0.05) is 0 Å². The molecule has 0 fully saturated rings. The van der Waals surface area contributed by atoms with Gasteiger partial charge in [0.1, 0.15) is 0 Å². The highest BCUT2D eigenvalue weighted by molar-refractivity contribution is 7.85. The van der Waals surface area contributed by atoms with Crippen molar-refractivity contribution in [1.29, 1.82) is 0 Å². The van der Waals surface area contributed by atoms with Crippen LogP contribution in [0.2, 0.25) is 0 Å². The van der Waals surface area contributed by atoms with Crippen LogP contribution in [0.1, 0.15) is 5.56 Å². The fraction of sp³-hybridized carbons (Fsp3) is 0.111. The second kappa shape index (κ2) is 3.54. The largest absolute Gasteiger partial charge is 0.326 e. The third-order valence-corrected chi connectivity index (χ3v) is 3.15. The molecule has 0 spiro atoms. The second-order valence-electron chi connectivity index (χ2n) is 3.55. The molecule has 0 unspecified atom stereocenters. The van der Waals surface area contributed by atoms with Gasteiger partial charge < -0.3 is 4.98 Å². The number of fused-ring (bicyclic) bond motifs is 1. The van der Waals surface area contributed by atoms with Gasteiger partial charge in [-0.05, 0) is 24.6 Å². The maximum absolute atomic E-state index is 11.5. The molecule has 90 valence electrons. The Bertz CT molecular complexity index is 815. The summed E-state index contributed by atoms with van der Waals surface area (Å²) in [5.74, 6) is 0. The zero-order valence-corrected chi connectivity index (χ0v) is 9.46. The number of rotatable bonds is 1. The number of aromatic amines is 2. The number of aromatic nitrogens is 2. The molecule has 0 saturated carbocycles. The Hall–Kier alpha value is -1.93. The van der Waals surface area contributed by atoms with Crippen LogP contribution in [0.25, 0.3) is 10.9 Å². The lowest BCUT2D eigenvalue weighted by Crippen LogP contribution is -2.22. The molecule has 0 radical (unpaired) electrons. The summed E-state index contributed by atoms with van der Waals surface area (Å²) in [7, 11) is -4.39. The molecule has 0 aliphatic heterocycles. The summed E-state index contributed by atoms with van der Waals surface area (Å²) in [4.78, 5) is 26.5. The summed E-state index contributed by atoms with van der Waals surface area (Å²) in [6, 6.07) is 2.18. The number of hydrogen-bond donors (Lipinski definition) is 3. The van der Waals surface area contributed by atoms with Crippen molar-refractivity contribution in [1.82, 2.24) is 9.97 Å². The topological polar surface area (TPSA) is 120 Å². The van der Waals surface area contributed by atoms with Gasteiger partial charge in [0.25, 0.3) is 15.7 Å². The van der Waals surface area contributed by atoms with E-state index >= 15 is 0 Å². The predicted octanol–water partition coefficient (Wildman–Crippen LogP) is -0.228. The van der Waals surface area contributed by atoms with Crippen molar-refractivity contribution in [3.63, 3.8) is 0 Å². The van der Waals surface area contributed by atoms with E-state index in [9.17, 15) is 18.0 Å². The molecule has 1 heterocycles. The van der Waals surface area contributed by atoms with E-state index < -0.39 is 21.4 Å². The number of nitrogens with one attached hydrogen (secondary N) is 2. The molecule has 3 N–H and O–H groups in total. The lowest BCUT2D eigenvalue weighted by molar-refractivity contribution is 0.483. The maximum atomic E-state index is 11.5. The molecule has 0 atom stereocenters. The fourth-order valence-corrected chi connectivity index (χ4v) is 2.16. The summed E-state index contributed by atoms with van der Waals surface area (Å²) >= 11 is 0. The predicted molar refractivity (Wildman–Crippen MR) is 59.7 cm³/mol. The summed E-state index contributed by atoms with van der Waals surface area (Å²) in [5, 5.41) is -0.00257. The Morgan fingerprint density at radius 2 is 1.82 bits per heavy atom. The van der Waals surface area contributed by atoms with Crippen molar-refractivity contribution < 1.29 is 13.0 Å². The van der Waals surface area contributed by atoms with Crippen LogP contribution in [0.15, 0.2) is 26.6 Å². The molecule has 0 saturated heterocycles. The molecule has 17 heavy (non-hydrogen) atoms. The monoisotopic (exact) mass is 256 g/mol. The first-order chi connectivity index (χ1) is 7.79. The van der Waals surface area contributed by atoms with Crippen LogP contribution < -0.4 is 11.2 Å². The zero-order valence-electron chi connectivity index (χ0n) is 8.64. The Morgan fingerprint density at radius 1 is 1.18 bits per heavy atom. The van der Waals surface area contributed by atoms with E-state index in [4.69, 9.17) is 4.55 Å². The lowest BCUT2D eigenvalue weighted by atomic mass is 10.1. The molecular formula is C9H8N2O5S. The van der Waals surface area contributed by atoms with E-state index in [0.717, 1.165) is 6.07 Å². The molecule has 2 rings (SSSR count). The summed E-state index contributed by atoms with van der Waals surface area (Å²) in [6.07, 6.45) is 0. The molecule has 0 aliphatic rings. The molecule has 0 bridgehead atoms. The summed E-state index contributed by atoms with van der Waals surface area (Å²) < 4.78 is 30.9. The van der Waals surface area contributed by atoms with Crippen LogP contribution in [-0.2, 0) is 10.1 Å². The van der Waals surface area contributed by atoms with Gasteiger partial charge in [-0.3, -0.25) is 14.3 Å². The highest BCUT2D eigenvalue weighted by atomic mass is 32.2. The van der Waals surface area contributed by atoms with E-state index in [1.165, 1.54) is 13.0 Å². The normalized spacial score (nSPS) is 11.9. The van der Waals surface area contributed by atoms with Crippen molar-refractivity contribution in [2.45, 2.75) is 11.8 Å². The number of benzene rings is 1. The van der Waals surface area contributed by atoms with Crippen LogP contribution in [0.3, 0.4) is 0 Å². The fourth-order valence-electron chi connectivity index (χ4n) is 1.56. The van der Waals surface area contributed by atoms with Crippen LogP contribution in [0.4, 0.5) is 0 Å². The van der Waals surface area contributed by atoms with Gasteiger partial charge in [-0.2, -0.15) is 8.42 Å². The number of H-pyrrole nitrogens is 2. The Morgan fingerprint density at radius 3 is 2.41 bits per heavy atom. The molecule has 0 amide bonds. The van der Waals surface area contributed by atoms with Crippen molar-refractivity contribution in [2.75, 3.05) is 0 Å². The molecule has 1 aromatic carbocycles. The van der Waals surface area contributed by atoms with Gasteiger partial charge in [-0.15, -0.1) is 0 Å². The van der Waals surface area contributed by atoms with Gasteiger partial charge in [0.15, 0.2) is 0 Å². The number of hydrogen-bond acceptors (Lipinski definition) is 4. The smallest absolute Gasteiger partial charge is 0.307 e. The minimum atomic E-state index is -4.39. The Balaban J connectivity index is 3.03. The molecule has 7 nitrogen and oxygen atoms in total. The summed E-state index contributed by atoms with van der Waals surface area (Å²) in [6.45, 7) is 1.52. The minimum Gasteiger partial charge on any atom is -0.307 e. The Labute approximate surface area is 94.9 Å². The van der Waals surface area contributed by atoms with Crippen LogP contribution in [0.5, 0.6) is 0 Å². The zero-order chi connectivity index (χ0) is 12.8. The minimum absolute atomic E-state index is 0.00257. The van der Waals surface area contributed by atoms with E-state index in [2.05, 4.69) is 4.98 Å². The first-order valence-electron chi connectivity index (χ1n) is 4.53. The molecular weight excluding hydrogens is 248 g/mol.